The summed E-state index contributed by atoms with van der Waals surface area (Å²) in [6.45, 7) is 1.56. The van der Waals surface area contributed by atoms with E-state index in [9.17, 15) is 17.6 Å². The van der Waals surface area contributed by atoms with Crippen molar-refractivity contribution in [1.82, 2.24) is 29.5 Å². The standard InChI is InChI=1S/C25H28FN9O4S/c1-14-22(13-29-39-14)40(37,38)34-17-6-4-16(5-7-17)31-23-10-20(30-15-2-3-15)24-28-12-21(35(24)33-23)25(36)32-19-8-9-27-11-18(19)26/h8-13,15-17,30,34H,2-7H2,1H3,(H,31,33)(H,27,32,36). The zero-order chi connectivity index (χ0) is 27.9. The Balaban J connectivity index is 1.18. The fourth-order valence-electron chi connectivity index (χ4n) is 4.81. The van der Waals surface area contributed by atoms with Gasteiger partial charge in [0.05, 0.1) is 30.0 Å². The van der Waals surface area contributed by atoms with Crippen molar-refractivity contribution in [3.63, 3.8) is 0 Å². The van der Waals surface area contributed by atoms with Crippen LogP contribution in [-0.2, 0) is 10.0 Å². The minimum Gasteiger partial charge on any atom is -0.379 e. The van der Waals surface area contributed by atoms with Gasteiger partial charge in [-0.15, -0.1) is 5.10 Å². The van der Waals surface area contributed by atoms with Crippen LogP contribution in [-0.4, -0.2) is 57.2 Å². The summed E-state index contributed by atoms with van der Waals surface area (Å²) in [7, 11) is -3.71. The highest BCUT2D eigenvalue weighted by Crippen LogP contribution is 2.30. The molecule has 4 heterocycles. The van der Waals surface area contributed by atoms with E-state index in [1.54, 1.807) is 6.92 Å². The molecular formula is C25H28FN9O4S. The van der Waals surface area contributed by atoms with Crippen molar-refractivity contribution in [3.05, 3.63) is 54.2 Å². The molecule has 0 radical (unpaired) electrons. The van der Waals surface area contributed by atoms with Crippen LogP contribution in [0.1, 0.15) is 54.8 Å². The zero-order valence-corrected chi connectivity index (χ0v) is 22.4. The number of amides is 1. The van der Waals surface area contributed by atoms with Crippen LogP contribution in [0.3, 0.4) is 0 Å². The molecule has 4 aromatic heterocycles. The van der Waals surface area contributed by atoms with Crippen LogP contribution in [0.15, 0.2) is 46.3 Å². The van der Waals surface area contributed by atoms with E-state index < -0.39 is 21.7 Å². The molecule has 4 N–H and O–H groups in total. The quantitative estimate of drug-likeness (QED) is 0.235. The second-order valence-corrected chi connectivity index (χ2v) is 11.8. The summed E-state index contributed by atoms with van der Waals surface area (Å²) in [5.41, 5.74) is 1.38. The normalized spacial score (nSPS) is 19.4. The van der Waals surface area contributed by atoms with Gasteiger partial charge in [-0.25, -0.2) is 27.0 Å². The van der Waals surface area contributed by atoms with Crippen LogP contribution in [0.25, 0.3) is 5.65 Å². The predicted molar refractivity (Wildman–Crippen MR) is 143 cm³/mol. The largest absolute Gasteiger partial charge is 0.379 e. The molecule has 0 aliphatic heterocycles. The number of rotatable bonds is 9. The molecule has 1 amide bonds. The summed E-state index contributed by atoms with van der Waals surface area (Å²) >= 11 is 0. The third-order valence-electron chi connectivity index (χ3n) is 7.05. The number of imidazole rings is 1. The first-order valence-electron chi connectivity index (χ1n) is 13.0. The molecule has 210 valence electrons. The number of hydrogen-bond acceptors (Lipinski definition) is 10. The number of fused-ring (bicyclic) bond motifs is 1. The fraction of sp³-hybridized carbons (Fsp3) is 0.400. The van der Waals surface area contributed by atoms with Crippen LogP contribution in [0, 0.1) is 12.7 Å². The molecule has 2 fully saturated rings. The van der Waals surface area contributed by atoms with Gasteiger partial charge >= 0.3 is 0 Å². The SMILES string of the molecule is Cc1oncc1S(=O)(=O)NC1CCC(Nc2cc(NC3CC3)c3ncc(C(=O)Nc4ccncc4F)n3n2)CC1. The lowest BCUT2D eigenvalue weighted by atomic mass is 9.92. The molecule has 0 atom stereocenters. The summed E-state index contributed by atoms with van der Waals surface area (Å²) < 4.78 is 48.6. The summed E-state index contributed by atoms with van der Waals surface area (Å²) in [6, 6.07) is 3.41. The maximum Gasteiger partial charge on any atom is 0.276 e. The van der Waals surface area contributed by atoms with Gasteiger partial charge in [-0.2, -0.15) is 0 Å². The minimum absolute atomic E-state index is 0.00661. The Morgan fingerprint density at radius 2 is 1.75 bits per heavy atom. The van der Waals surface area contributed by atoms with E-state index in [0.717, 1.165) is 24.7 Å². The highest BCUT2D eigenvalue weighted by Gasteiger charge is 2.29. The highest BCUT2D eigenvalue weighted by molar-refractivity contribution is 7.89. The van der Waals surface area contributed by atoms with Crippen LogP contribution in [0.2, 0.25) is 0 Å². The Bertz CT molecular complexity index is 1660. The first kappa shape index (κ1) is 26.1. The molecule has 6 rings (SSSR count). The Morgan fingerprint density at radius 3 is 2.45 bits per heavy atom. The van der Waals surface area contributed by atoms with Gasteiger partial charge in [0.25, 0.3) is 5.91 Å². The molecule has 0 bridgehead atoms. The lowest BCUT2D eigenvalue weighted by Crippen LogP contribution is -2.40. The van der Waals surface area contributed by atoms with Gasteiger partial charge in [-0.3, -0.25) is 9.78 Å². The van der Waals surface area contributed by atoms with Crippen molar-refractivity contribution in [3.8, 4) is 0 Å². The van der Waals surface area contributed by atoms with Crippen molar-refractivity contribution < 1.29 is 22.1 Å². The topological polar surface area (TPSA) is 168 Å². The van der Waals surface area contributed by atoms with E-state index in [-0.39, 0.29) is 34.1 Å². The highest BCUT2D eigenvalue weighted by atomic mass is 32.2. The average molecular weight is 570 g/mol. The average Bonchev–Trinajstić information content (AvgIpc) is 3.44. The van der Waals surface area contributed by atoms with Gasteiger partial charge in [-0.1, -0.05) is 5.16 Å². The number of halogens is 1. The van der Waals surface area contributed by atoms with Crippen molar-refractivity contribution in [2.45, 2.75) is 68.5 Å². The smallest absolute Gasteiger partial charge is 0.276 e. The number of pyridine rings is 1. The number of aryl methyl sites for hydroxylation is 1. The second kappa shape index (κ2) is 10.5. The van der Waals surface area contributed by atoms with E-state index in [0.29, 0.717) is 43.2 Å². The lowest BCUT2D eigenvalue weighted by molar-refractivity contribution is 0.102. The van der Waals surface area contributed by atoms with E-state index in [1.807, 2.05) is 6.07 Å². The fourth-order valence-corrected chi connectivity index (χ4v) is 6.20. The molecular weight excluding hydrogens is 541 g/mol. The number of aromatic nitrogens is 5. The van der Waals surface area contributed by atoms with Gasteiger partial charge < -0.3 is 20.5 Å². The molecule has 40 heavy (non-hydrogen) atoms. The van der Waals surface area contributed by atoms with Crippen molar-refractivity contribution in [2.75, 3.05) is 16.0 Å². The monoisotopic (exact) mass is 569 g/mol. The number of sulfonamides is 1. The first-order valence-corrected chi connectivity index (χ1v) is 14.5. The Labute approximate surface area is 229 Å². The van der Waals surface area contributed by atoms with E-state index in [4.69, 9.17) is 4.52 Å². The van der Waals surface area contributed by atoms with E-state index in [1.165, 1.54) is 29.2 Å². The first-order chi connectivity index (χ1) is 19.3. The predicted octanol–water partition coefficient (Wildman–Crippen LogP) is 3.09. The number of nitrogens with one attached hydrogen (secondary N) is 4. The molecule has 0 spiro atoms. The number of nitrogens with zero attached hydrogens (tertiary/aromatic N) is 5. The third kappa shape index (κ3) is 5.47. The number of carbonyl (C=O) groups is 1. The maximum absolute atomic E-state index is 14.1. The second-order valence-electron chi connectivity index (χ2n) is 10.1. The van der Waals surface area contributed by atoms with Gasteiger partial charge in [0.2, 0.25) is 10.0 Å². The van der Waals surface area contributed by atoms with Gasteiger partial charge in [0, 0.05) is 30.4 Å². The Hall–Kier alpha value is -4.11. The summed E-state index contributed by atoms with van der Waals surface area (Å²) in [5, 5.41) is 17.6. The molecule has 2 aliphatic rings. The van der Waals surface area contributed by atoms with Crippen molar-refractivity contribution >= 4 is 38.8 Å². The zero-order valence-electron chi connectivity index (χ0n) is 21.6. The van der Waals surface area contributed by atoms with Gasteiger partial charge in [0.1, 0.15) is 10.7 Å². The number of anilines is 3. The molecule has 15 heteroatoms. The molecule has 2 saturated carbocycles. The summed E-state index contributed by atoms with van der Waals surface area (Å²) in [5.74, 6) is -0.415. The van der Waals surface area contributed by atoms with Gasteiger partial charge in [0.15, 0.2) is 22.9 Å². The maximum atomic E-state index is 14.1. The third-order valence-corrected chi connectivity index (χ3v) is 8.67. The molecule has 4 aromatic rings. The van der Waals surface area contributed by atoms with Crippen molar-refractivity contribution in [2.24, 2.45) is 0 Å². The summed E-state index contributed by atoms with van der Waals surface area (Å²) in [4.78, 5) is 21.2. The van der Waals surface area contributed by atoms with E-state index in [2.05, 4.69) is 40.9 Å². The molecule has 0 saturated heterocycles. The molecule has 0 unspecified atom stereocenters. The van der Waals surface area contributed by atoms with Crippen LogP contribution >= 0.6 is 0 Å². The van der Waals surface area contributed by atoms with Crippen LogP contribution in [0.5, 0.6) is 0 Å². The van der Waals surface area contributed by atoms with E-state index >= 15 is 0 Å². The molecule has 2 aliphatic carbocycles. The Kier molecular flexibility index (Phi) is 6.83. The number of hydrogen-bond donors (Lipinski definition) is 4. The van der Waals surface area contributed by atoms with Crippen LogP contribution < -0.4 is 20.7 Å². The Morgan fingerprint density at radius 1 is 1.02 bits per heavy atom. The number of carbonyl (C=O) groups excluding carboxylic acids is 1. The summed E-state index contributed by atoms with van der Waals surface area (Å²) in [6.07, 6.45) is 9.80. The lowest BCUT2D eigenvalue weighted by Gasteiger charge is -2.29. The minimum atomic E-state index is -3.71. The molecule has 0 aromatic carbocycles. The van der Waals surface area contributed by atoms with Crippen LogP contribution in [0.4, 0.5) is 21.6 Å². The van der Waals surface area contributed by atoms with Gasteiger partial charge in [-0.05, 0) is 51.5 Å². The van der Waals surface area contributed by atoms with Crippen molar-refractivity contribution in [1.29, 1.82) is 0 Å². The molecule has 13 nitrogen and oxygen atoms in total.